The Morgan fingerprint density at radius 2 is 2.21 bits per heavy atom. The summed E-state index contributed by atoms with van der Waals surface area (Å²) in [5.41, 5.74) is -0.655. The molecule has 0 radical (unpaired) electrons. The number of rotatable bonds is 4. The largest absolute Gasteiger partial charge is 0.394 e. The number of aliphatic hydroxyl groups excluding tert-OH is 1. The molecule has 0 amide bonds. The van der Waals surface area contributed by atoms with Crippen LogP contribution in [-0.4, -0.2) is 40.0 Å². The van der Waals surface area contributed by atoms with Gasteiger partial charge in [-0.05, 0) is 26.7 Å². The molecule has 1 aliphatic heterocycles. The summed E-state index contributed by atoms with van der Waals surface area (Å²) in [6.07, 6.45) is 4.62. The Kier molecular flexibility index (Phi) is 4.21. The van der Waals surface area contributed by atoms with Crippen LogP contribution in [0.5, 0.6) is 0 Å². The fourth-order valence-corrected chi connectivity index (χ4v) is 2.25. The zero-order valence-corrected chi connectivity index (χ0v) is 11.4. The van der Waals surface area contributed by atoms with Gasteiger partial charge >= 0.3 is 0 Å². The summed E-state index contributed by atoms with van der Waals surface area (Å²) in [6.45, 7) is 5.02. The zero-order valence-electron chi connectivity index (χ0n) is 11.4. The van der Waals surface area contributed by atoms with E-state index in [0.29, 0.717) is 31.9 Å². The first-order chi connectivity index (χ1) is 9.08. The fourth-order valence-electron chi connectivity index (χ4n) is 2.25. The van der Waals surface area contributed by atoms with E-state index in [1.165, 1.54) is 0 Å². The highest BCUT2D eigenvalue weighted by atomic mass is 16.5. The van der Waals surface area contributed by atoms with Gasteiger partial charge in [0.25, 0.3) is 5.56 Å². The van der Waals surface area contributed by atoms with Crippen molar-refractivity contribution in [3.8, 4) is 0 Å². The molecule has 6 heteroatoms. The van der Waals surface area contributed by atoms with Gasteiger partial charge in [0.2, 0.25) is 0 Å². The van der Waals surface area contributed by atoms with Gasteiger partial charge in [0.1, 0.15) is 0 Å². The normalized spacial score (nSPS) is 18.5. The molecular weight excluding hydrogens is 246 g/mol. The van der Waals surface area contributed by atoms with Crippen LogP contribution in [0.4, 0.5) is 5.82 Å². The van der Waals surface area contributed by atoms with E-state index in [1.807, 2.05) is 13.8 Å². The van der Waals surface area contributed by atoms with Gasteiger partial charge in [-0.25, -0.2) is 4.98 Å². The molecule has 0 aliphatic carbocycles. The summed E-state index contributed by atoms with van der Waals surface area (Å²) in [5, 5.41) is 12.8. The number of nitrogens with zero attached hydrogens (tertiary/aromatic N) is 2. The van der Waals surface area contributed by atoms with E-state index >= 15 is 0 Å². The highest BCUT2D eigenvalue weighted by Crippen LogP contribution is 2.23. The third-order valence-corrected chi connectivity index (χ3v) is 3.56. The second-order valence-electron chi connectivity index (χ2n) is 5.26. The molecule has 0 atom stereocenters. The Hall–Kier alpha value is -1.40. The predicted molar refractivity (Wildman–Crippen MR) is 72.4 cm³/mol. The molecule has 2 rings (SSSR count). The SMILES string of the molecule is CC(C)n1ccnc(NC2(CO)CCOCC2)c1=O. The Morgan fingerprint density at radius 3 is 2.79 bits per heavy atom. The maximum absolute atomic E-state index is 12.3. The van der Waals surface area contributed by atoms with Crippen LogP contribution in [0.3, 0.4) is 0 Å². The Balaban J connectivity index is 2.27. The van der Waals surface area contributed by atoms with Crippen LogP contribution in [0.15, 0.2) is 17.2 Å². The summed E-state index contributed by atoms with van der Waals surface area (Å²) in [7, 11) is 0. The third kappa shape index (κ3) is 2.96. The van der Waals surface area contributed by atoms with Gasteiger partial charge < -0.3 is 19.7 Å². The molecule has 0 bridgehead atoms. The first kappa shape index (κ1) is 14.0. The molecule has 1 aromatic heterocycles. The number of hydrogen-bond acceptors (Lipinski definition) is 5. The van der Waals surface area contributed by atoms with E-state index in [2.05, 4.69) is 10.3 Å². The highest BCUT2D eigenvalue weighted by molar-refractivity contribution is 5.35. The first-order valence-corrected chi connectivity index (χ1v) is 6.62. The molecular formula is C13H21N3O3. The summed E-state index contributed by atoms with van der Waals surface area (Å²) < 4.78 is 6.93. The summed E-state index contributed by atoms with van der Waals surface area (Å²) in [5.74, 6) is 0.298. The van der Waals surface area contributed by atoms with E-state index in [4.69, 9.17) is 4.74 Å². The van der Waals surface area contributed by atoms with Gasteiger partial charge in [-0.3, -0.25) is 4.79 Å². The lowest BCUT2D eigenvalue weighted by atomic mass is 9.91. The molecule has 106 valence electrons. The van der Waals surface area contributed by atoms with Crippen LogP contribution in [0.1, 0.15) is 32.7 Å². The molecule has 2 N–H and O–H groups in total. The maximum Gasteiger partial charge on any atom is 0.293 e. The molecule has 1 saturated heterocycles. The lowest BCUT2D eigenvalue weighted by Gasteiger charge is -2.36. The third-order valence-electron chi connectivity index (χ3n) is 3.56. The molecule has 2 heterocycles. The molecule has 1 aromatic rings. The van der Waals surface area contributed by atoms with Crippen molar-refractivity contribution in [3.63, 3.8) is 0 Å². The molecule has 0 aromatic carbocycles. The smallest absolute Gasteiger partial charge is 0.293 e. The van der Waals surface area contributed by atoms with E-state index in [0.717, 1.165) is 0 Å². The van der Waals surface area contributed by atoms with E-state index < -0.39 is 5.54 Å². The van der Waals surface area contributed by atoms with E-state index in [-0.39, 0.29) is 18.2 Å². The van der Waals surface area contributed by atoms with Crippen molar-refractivity contribution in [1.29, 1.82) is 0 Å². The number of anilines is 1. The van der Waals surface area contributed by atoms with Crippen LogP contribution in [0, 0.1) is 0 Å². The van der Waals surface area contributed by atoms with Gasteiger partial charge in [-0.15, -0.1) is 0 Å². The van der Waals surface area contributed by atoms with Crippen molar-refractivity contribution in [2.24, 2.45) is 0 Å². The van der Waals surface area contributed by atoms with Crippen molar-refractivity contribution in [2.45, 2.75) is 38.3 Å². The Morgan fingerprint density at radius 1 is 1.53 bits per heavy atom. The Bertz CT molecular complexity index is 478. The molecule has 0 unspecified atom stereocenters. The van der Waals surface area contributed by atoms with Gasteiger partial charge in [0.15, 0.2) is 5.82 Å². The first-order valence-electron chi connectivity index (χ1n) is 6.62. The van der Waals surface area contributed by atoms with E-state index in [1.54, 1.807) is 17.0 Å². The molecule has 0 saturated carbocycles. The minimum absolute atomic E-state index is 0.0337. The number of nitrogens with one attached hydrogen (secondary N) is 1. The van der Waals surface area contributed by atoms with Gasteiger partial charge in [-0.1, -0.05) is 0 Å². The van der Waals surface area contributed by atoms with E-state index in [9.17, 15) is 9.90 Å². The van der Waals surface area contributed by atoms with Crippen LogP contribution in [0.2, 0.25) is 0 Å². The monoisotopic (exact) mass is 267 g/mol. The molecule has 19 heavy (non-hydrogen) atoms. The number of ether oxygens (including phenoxy) is 1. The highest BCUT2D eigenvalue weighted by Gasteiger charge is 2.33. The van der Waals surface area contributed by atoms with Crippen LogP contribution in [0.25, 0.3) is 0 Å². The predicted octanol–water partition coefficient (Wildman–Crippen LogP) is 0.778. The topological polar surface area (TPSA) is 76.4 Å². The minimum atomic E-state index is -0.499. The van der Waals surface area contributed by atoms with Crippen molar-refractivity contribution in [2.75, 3.05) is 25.1 Å². The average Bonchev–Trinajstić information content (AvgIpc) is 2.42. The standard InChI is InChI=1S/C13H21N3O3/c1-10(2)16-6-5-14-11(12(16)18)15-13(9-17)3-7-19-8-4-13/h5-6,10,17H,3-4,7-9H2,1-2H3,(H,14,15). The van der Waals surface area contributed by atoms with Crippen molar-refractivity contribution < 1.29 is 9.84 Å². The zero-order chi connectivity index (χ0) is 13.9. The van der Waals surface area contributed by atoms with Gasteiger partial charge in [0.05, 0.1) is 12.1 Å². The molecule has 0 spiro atoms. The quantitative estimate of drug-likeness (QED) is 0.843. The van der Waals surface area contributed by atoms with Crippen molar-refractivity contribution in [1.82, 2.24) is 9.55 Å². The average molecular weight is 267 g/mol. The lowest BCUT2D eigenvalue weighted by molar-refractivity contribution is 0.0378. The minimum Gasteiger partial charge on any atom is -0.394 e. The Labute approximate surface area is 112 Å². The van der Waals surface area contributed by atoms with Crippen LogP contribution < -0.4 is 10.9 Å². The number of hydrogen-bond donors (Lipinski definition) is 2. The maximum atomic E-state index is 12.3. The number of aliphatic hydroxyl groups is 1. The van der Waals surface area contributed by atoms with Gasteiger partial charge in [0, 0.05) is 31.6 Å². The van der Waals surface area contributed by atoms with Crippen LogP contribution in [-0.2, 0) is 4.74 Å². The second kappa shape index (κ2) is 5.71. The van der Waals surface area contributed by atoms with Crippen molar-refractivity contribution >= 4 is 5.82 Å². The summed E-state index contributed by atoms with van der Waals surface area (Å²) in [4.78, 5) is 16.4. The summed E-state index contributed by atoms with van der Waals surface area (Å²) >= 11 is 0. The second-order valence-corrected chi connectivity index (χ2v) is 5.26. The lowest BCUT2D eigenvalue weighted by Crippen LogP contribution is -2.48. The van der Waals surface area contributed by atoms with Gasteiger partial charge in [-0.2, -0.15) is 0 Å². The summed E-state index contributed by atoms with van der Waals surface area (Å²) in [6, 6.07) is 0.0795. The van der Waals surface area contributed by atoms with Crippen LogP contribution >= 0.6 is 0 Å². The van der Waals surface area contributed by atoms with Crippen molar-refractivity contribution in [3.05, 3.63) is 22.7 Å². The molecule has 1 aliphatic rings. The molecule has 6 nitrogen and oxygen atoms in total. The fraction of sp³-hybridized carbons (Fsp3) is 0.692. The molecule has 1 fully saturated rings. The number of aromatic nitrogens is 2.